The number of amides is 3. The lowest BCUT2D eigenvalue weighted by Crippen LogP contribution is -2.58. The van der Waals surface area contributed by atoms with Crippen LogP contribution in [0.4, 0.5) is 0 Å². The largest absolute Gasteiger partial charge is 0.340 e. The van der Waals surface area contributed by atoms with Crippen molar-refractivity contribution >= 4 is 30.1 Å². The van der Waals surface area contributed by atoms with E-state index in [0.29, 0.717) is 39.1 Å². The molecular formula is C21H29ClN4O3. The zero-order chi connectivity index (χ0) is 19.5. The molecule has 3 saturated heterocycles. The third kappa shape index (κ3) is 4.90. The summed E-state index contributed by atoms with van der Waals surface area (Å²) in [5.41, 5.74) is 1.08. The molecule has 0 saturated carbocycles. The quantitative estimate of drug-likeness (QED) is 0.784. The molecule has 3 aliphatic heterocycles. The molecule has 3 heterocycles. The minimum atomic E-state index is -0.270. The average molecular weight is 421 g/mol. The van der Waals surface area contributed by atoms with Crippen LogP contribution in [0, 0.1) is 5.92 Å². The van der Waals surface area contributed by atoms with E-state index >= 15 is 0 Å². The molecule has 1 aromatic rings. The Labute approximate surface area is 177 Å². The smallest absolute Gasteiger partial charge is 0.236 e. The van der Waals surface area contributed by atoms with Crippen LogP contribution in [0.25, 0.3) is 0 Å². The Hall–Kier alpha value is -2.12. The first-order valence-corrected chi connectivity index (χ1v) is 10.2. The molecule has 0 aromatic heterocycles. The van der Waals surface area contributed by atoms with Crippen LogP contribution in [-0.2, 0) is 20.9 Å². The zero-order valence-corrected chi connectivity index (χ0v) is 17.4. The highest BCUT2D eigenvalue weighted by molar-refractivity contribution is 5.89. The second-order valence-corrected chi connectivity index (χ2v) is 8.01. The monoisotopic (exact) mass is 420 g/mol. The summed E-state index contributed by atoms with van der Waals surface area (Å²) in [7, 11) is 0. The van der Waals surface area contributed by atoms with Crippen molar-refractivity contribution in [1.82, 2.24) is 20.0 Å². The normalized spacial score (nSPS) is 25.2. The van der Waals surface area contributed by atoms with Gasteiger partial charge in [0.1, 0.15) is 0 Å². The van der Waals surface area contributed by atoms with Gasteiger partial charge in [-0.1, -0.05) is 30.3 Å². The van der Waals surface area contributed by atoms with Crippen LogP contribution in [0.3, 0.4) is 0 Å². The van der Waals surface area contributed by atoms with Crippen molar-refractivity contribution in [3.05, 3.63) is 35.9 Å². The molecule has 0 aliphatic carbocycles. The van der Waals surface area contributed by atoms with Gasteiger partial charge in [0.25, 0.3) is 0 Å². The van der Waals surface area contributed by atoms with Crippen LogP contribution < -0.4 is 5.32 Å². The number of nitrogens with one attached hydrogen (secondary N) is 1. The molecule has 29 heavy (non-hydrogen) atoms. The predicted molar refractivity (Wildman–Crippen MR) is 111 cm³/mol. The first-order chi connectivity index (χ1) is 13.6. The van der Waals surface area contributed by atoms with E-state index in [1.807, 2.05) is 40.1 Å². The van der Waals surface area contributed by atoms with E-state index in [-0.39, 0.29) is 42.1 Å². The van der Waals surface area contributed by atoms with Gasteiger partial charge in [0.05, 0.1) is 12.5 Å². The number of hydrogen-bond donors (Lipinski definition) is 1. The summed E-state index contributed by atoms with van der Waals surface area (Å²) in [6.07, 6.45) is 2.14. The average Bonchev–Trinajstić information content (AvgIpc) is 3.09. The maximum Gasteiger partial charge on any atom is 0.236 e. The van der Waals surface area contributed by atoms with Crippen molar-refractivity contribution in [3.8, 4) is 0 Å². The third-order valence-corrected chi connectivity index (χ3v) is 6.06. The van der Waals surface area contributed by atoms with Crippen LogP contribution in [0.5, 0.6) is 0 Å². The van der Waals surface area contributed by atoms with Gasteiger partial charge in [0.2, 0.25) is 17.7 Å². The summed E-state index contributed by atoms with van der Waals surface area (Å²) in [6, 6.07) is 9.99. The van der Waals surface area contributed by atoms with Crippen LogP contribution in [0.1, 0.15) is 24.8 Å². The fourth-order valence-electron chi connectivity index (χ4n) is 4.57. The number of piperidine rings is 1. The molecule has 1 N–H and O–H groups in total. The summed E-state index contributed by atoms with van der Waals surface area (Å²) < 4.78 is 0. The molecule has 3 amide bonds. The molecule has 0 spiro atoms. The molecule has 7 nitrogen and oxygen atoms in total. The van der Waals surface area contributed by atoms with Gasteiger partial charge in [-0.3, -0.25) is 14.4 Å². The fraction of sp³-hybridized carbons (Fsp3) is 0.571. The van der Waals surface area contributed by atoms with Crippen LogP contribution in [0.2, 0.25) is 0 Å². The molecule has 0 radical (unpaired) electrons. The van der Waals surface area contributed by atoms with Crippen molar-refractivity contribution in [2.75, 3.05) is 39.3 Å². The lowest BCUT2D eigenvalue weighted by Gasteiger charge is -2.41. The molecule has 2 unspecified atom stereocenters. The highest BCUT2D eigenvalue weighted by atomic mass is 35.5. The number of rotatable bonds is 4. The number of carbonyl (C=O) groups is 3. The highest BCUT2D eigenvalue weighted by Crippen LogP contribution is 2.25. The SMILES string of the molecule is Cl.O=C1CC(C(=O)N2CCCC(N3CCNCC3=O)C2)CN1Cc1ccccc1. The second kappa shape index (κ2) is 9.59. The van der Waals surface area contributed by atoms with Crippen molar-refractivity contribution in [2.24, 2.45) is 5.92 Å². The molecule has 8 heteroatoms. The third-order valence-electron chi connectivity index (χ3n) is 6.06. The van der Waals surface area contributed by atoms with Gasteiger partial charge >= 0.3 is 0 Å². The van der Waals surface area contributed by atoms with Gasteiger partial charge in [-0.2, -0.15) is 0 Å². The van der Waals surface area contributed by atoms with E-state index in [0.717, 1.165) is 31.5 Å². The number of hydrogen-bond acceptors (Lipinski definition) is 4. The van der Waals surface area contributed by atoms with Crippen molar-refractivity contribution in [1.29, 1.82) is 0 Å². The summed E-state index contributed by atoms with van der Waals surface area (Å²) in [4.78, 5) is 43.3. The Balaban J connectivity index is 0.00000240. The standard InChI is InChI=1S/C21H28N4O3.ClH/c26-19-11-17(14-24(19)13-16-5-2-1-3-6-16)21(28)23-9-4-7-18(15-23)25-10-8-22-12-20(25)27;/h1-3,5-6,17-18,22H,4,7-15H2;1H. The highest BCUT2D eigenvalue weighted by Gasteiger charge is 2.39. The number of benzene rings is 1. The molecule has 2 atom stereocenters. The summed E-state index contributed by atoms with van der Waals surface area (Å²) in [6.45, 7) is 4.25. The number of nitrogens with zero attached hydrogens (tertiary/aromatic N) is 3. The minimum absolute atomic E-state index is 0. The predicted octanol–water partition coefficient (Wildman–Crippen LogP) is 0.880. The maximum atomic E-state index is 13.1. The molecule has 3 aliphatic rings. The molecule has 4 rings (SSSR count). The summed E-state index contributed by atoms with van der Waals surface area (Å²) in [5, 5.41) is 3.10. The Morgan fingerprint density at radius 1 is 1.07 bits per heavy atom. The Morgan fingerprint density at radius 2 is 1.86 bits per heavy atom. The van der Waals surface area contributed by atoms with Gasteiger partial charge in [0.15, 0.2) is 0 Å². The number of piperazine rings is 1. The van der Waals surface area contributed by atoms with Gasteiger partial charge in [-0.25, -0.2) is 0 Å². The Morgan fingerprint density at radius 3 is 2.62 bits per heavy atom. The van der Waals surface area contributed by atoms with E-state index in [4.69, 9.17) is 0 Å². The number of carbonyl (C=O) groups excluding carboxylic acids is 3. The van der Waals surface area contributed by atoms with Crippen LogP contribution in [0.15, 0.2) is 30.3 Å². The van der Waals surface area contributed by atoms with Gasteiger partial charge in [0, 0.05) is 51.7 Å². The van der Waals surface area contributed by atoms with E-state index < -0.39 is 0 Å². The van der Waals surface area contributed by atoms with E-state index in [1.165, 1.54) is 0 Å². The molecule has 3 fully saturated rings. The van der Waals surface area contributed by atoms with Gasteiger partial charge < -0.3 is 20.0 Å². The number of halogens is 1. The van der Waals surface area contributed by atoms with Gasteiger partial charge in [-0.15, -0.1) is 12.4 Å². The lowest BCUT2D eigenvalue weighted by molar-refractivity contribution is -0.142. The van der Waals surface area contributed by atoms with E-state index in [1.54, 1.807) is 4.90 Å². The Kier molecular flexibility index (Phi) is 7.14. The molecule has 0 bridgehead atoms. The second-order valence-electron chi connectivity index (χ2n) is 8.01. The van der Waals surface area contributed by atoms with Crippen molar-refractivity contribution in [3.63, 3.8) is 0 Å². The van der Waals surface area contributed by atoms with Gasteiger partial charge in [-0.05, 0) is 18.4 Å². The van der Waals surface area contributed by atoms with Crippen molar-refractivity contribution in [2.45, 2.75) is 31.8 Å². The topological polar surface area (TPSA) is 73.0 Å². The first-order valence-electron chi connectivity index (χ1n) is 10.2. The summed E-state index contributed by atoms with van der Waals surface area (Å²) in [5.74, 6) is -0.0337. The lowest BCUT2D eigenvalue weighted by atomic mass is 10.00. The van der Waals surface area contributed by atoms with Crippen molar-refractivity contribution < 1.29 is 14.4 Å². The minimum Gasteiger partial charge on any atom is -0.340 e. The molecule has 1 aromatic carbocycles. The zero-order valence-electron chi connectivity index (χ0n) is 16.6. The maximum absolute atomic E-state index is 13.1. The summed E-state index contributed by atoms with van der Waals surface area (Å²) >= 11 is 0. The number of likely N-dealkylation sites (tertiary alicyclic amines) is 2. The van der Waals surface area contributed by atoms with E-state index in [9.17, 15) is 14.4 Å². The molecular weight excluding hydrogens is 392 g/mol. The first kappa shape index (κ1) is 21.6. The van der Waals surface area contributed by atoms with Crippen LogP contribution in [-0.4, -0.2) is 77.7 Å². The molecule has 158 valence electrons. The fourth-order valence-corrected chi connectivity index (χ4v) is 4.57. The van der Waals surface area contributed by atoms with Crippen LogP contribution >= 0.6 is 12.4 Å². The Bertz CT molecular complexity index is 745. The van der Waals surface area contributed by atoms with E-state index in [2.05, 4.69) is 5.32 Å².